The predicted molar refractivity (Wildman–Crippen MR) is 90.9 cm³/mol. The molecule has 0 saturated carbocycles. The molecule has 0 aliphatic carbocycles. The summed E-state index contributed by atoms with van der Waals surface area (Å²) in [5.41, 5.74) is 2.17. The lowest BCUT2D eigenvalue weighted by Gasteiger charge is -2.19. The van der Waals surface area contributed by atoms with Crippen molar-refractivity contribution in [2.24, 2.45) is 0 Å². The topological polar surface area (TPSA) is 63.9 Å². The number of fused-ring (bicyclic) bond motifs is 1. The minimum atomic E-state index is -0.170. The number of hydrogen-bond acceptors (Lipinski definition) is 4. The fourth-order valence-corrected chi connectivity index (χ4v) is 2.79. The van der Waals surface area contributed by atoms with Crippen LogP contribution in [0.15, 0.2) is 70.0 Å². The molecule has 0 aliphatic rings. The number of hydrogen-bond donors (Lipinski definition) is 0. The van der Waals surface area contributed by atoms with Gasteiger partial charge in [-0.25, -0.2) is 4.98 Å². The maximum atomic E-state index is 13.0. The highest BCUT2D eigenvalue weighted by molar-refractivity contribution is 5.92. The molecule has 0 radical (unpaired) electrons. The van der Waals surface area contributed by atoms with Gasteiger partial charge in [-0.1, -0.05) is 6.07 Å². The van der Waals surface area contributed by atoms with Crippen molar-refractivity contribution in [3.63, 3.8) is 0 Å². The van der Waals surface area contributed by atoms with Gasteiger partial charge in [-0.15, -0.1) is 0 Å². The highest BCUT2D eigenvalue weighted by atomic mass is 16.3. The van der Waals surface area contributed by atoms with Gasteiger partial charge in [0, 0.05) is 11.9 Å². The van der Waals surface area contributed by atoms with Crippen LogP contribution in [0.4, 0.5) is 0 Å². The number of carbonyl (C=O) groups excluding carboxylic acids is 1. The highest BCUT2D eigenvalue weighted by Gasteiger charge is 2.21. The summed E-state index contributed by atoms with van der Waals surface area (Å²) in [7, 11) is 0. The zero-order valence-corrected chi connectivity index (χ0v) is 13.8. The van der Waals surface area contributed by atoms with Gasteiger partial charge in [0.05, 0.1) is 25.6 Å². The molecule has 0 atom stereocenters. The van der Waals surface area contributed by atoms with Gasteiger partial charge >= 0.3 is 0 Å². The third kappa shape index (κ3) is 3.06. The van der Waals surface area contributed by atoms with E-state index in [1.54, 1.807) is 35.8 Å². The van der Waals surface area contributed by atoms with Crippen LogP contribution >= 0.6 is 0 Å². The summed E-state index contributed by atoms with van der Waals surface area (Å²) >= 11 is 0. The molecule has 0 aromatic carbocycles. The van der Waals surface area contributed by atoms with E-state index >= 15 is 0 Å². The molecule has 6 heteroatoms. The van der Waals surface area contributed by atoms with Gasteiger partial charge in [-0.3, -0.25) is 4.79 Å². The Kier molecular flexibility index (Phi) is 3.85. The maximum absolute atomic E-state index is 13.0. The first-order valence-corrected chi connectivity index (χ1v) is 7.99. The Morgan fingerprint density at radius 3 is 2.28 bits per heavy atom. The first kappa shape index (κ1) is 15.3. The Morgan fingerprint density at radius 2 is 1.72 bits per heavy atom. The van der Waals surface area contributed by atoms with Crippen LogP contribution in [0, 0.1) is 6.92 Å². The zero-order valence-electron chi connectivity index (χ0n) is 13.8. The molecule has 0 fully saturated rings. The second-order valence-electron chi connectivity index (χ2n) is 5.84. The normalized spacial score (nSPS) is 11.1. The van der Waals surface area contributed by atoms with Crippen molar-refractivity contribution in [1.82, 2.24) is 14.3 Å². The average Bonchev–Trinajstić information content (AvgIpc) is 3.35. The summed E-state index contributed by atoms with van der Waals surface area (Å²) in [6.45, 7) is 2.67. The van der Waals surface area contributed by atoms with Gasteiger partial charge in [0.15, 0.2) is 0 Å². The van der Waals surface area contributed by atoms with E-state index in [-0.39, 0.29) is 5.91 Å². The van der Waals surface area contributed by atoms with Gasteiger partial charge in [-0.05, 0) is 43.3 Å². The second-order valence-corrected chi connectivity index (χ2v) is 5.84. The van der Waals surface area contributed by atoms with Crippen molar-refractivity contribution in [1.29, 1.82) is 0 Å². The molecule has 0 spiro atoms. The van der Waals surface area contributed by atoms with E-state index in [2.05, 4.69) is 4.98 Å². The van der Waals surface area contributed by atoms with E-state index in [1.165, 1.54) is 0 Å². The van der Waals surface area contributed by atoms with Crippen LogP contribution in [0.2, 0.25) is 0 Å². The third-order valence-corrected chi connectivity index (χ3v) is 4.06. The van der Waals surface area contributed by atoms with Crippen molar-refractivity contribution < 1.29 is 13.6 Å². The molecular formula is C19H17N3O3. The molecule has 6 nitrogen and oxygen atoms in total. The fourth-order valence-electron chi connectivity index (χ4n) is 2.79. The van der Waals surface area contributed by atoms with Crippen molar-refractivity contribution in [3.8, 4) is 0 Å². The lowest BCUT2D eigenvalue weighted by atomic mass is 10.3. The number of aryl methyl sites for hydroxylation is 1. The maximum Gasteiger partial charge on any atom is 0.274 e. The fraction of sp³-hybridized carbons (Fsp3) is 0.158. The molecule has 0 aliphatic heterocycles. The van der Waals surface area contributed by atoms with Crippen LogP contribution in [-0.2, 0) is 13.1 Å². The number of imidazole rings is 1. The lowest BCUT2D eigenvalue weighted by molar-refractivity contribution is 0.0699. The molecule has 126 valence electrons. The standard InChI is InChI=1S/C19H17N3O3/c1-14-5-2-8-18-20-17(13-22(14)18)19(23)21(11-15-6-3-9-24-15)12-16-7-4-10-25-16/h2-10,13H,11-12H2,1H3. The Hall–Kier alpha value is -3.28. The summed E-state index contributed by atoms with van der Waals surface area (Å²) < 4.78 is 12.7. The zero-order chi connectivity index (χ0) is 17.2. The van der Waals surface area contributed by atoms with Crippen molar-refractivity contribution in [2.45, 2.75) is 20.0 Å². The number of aromatic nitrogens is 2. The Balaban J connectivity index is 1.66. The van der Waals surface area contributed by atoms with Crippen LogP contribution in [0.3, 0.4) is 0 Å². The molecule has 25 heavy (non-hydrogen) atoms. The van der Waals surface area contributed by atoms with Crippen LogP contribution < -0.4 is 0 Å². The van der Waals surface area contributed by atoms with Gasteiger partial charge in [-0.2, -0.15) is 0 Å². The van der Waals surface area contributed by atoms with Crippen LogP contribution in [0.1, 0.15) is 27.7 Å². The largest absolute Gasteiger partial charge is 0.467 e. The summed E-state index contributed by atoms with van der Waals surface area (Å²) in [5, 5.41) is 0. The van der Waals surface area contributed by atoms with Crippen molar-refractivity contribution in [3.05, 3.63) is 84.1 Å². The number of carbonyl (C=O) groups is 1. The highest BCUT2D eigenvalue weighted by Crippen LogP contribution is 2.16. The van der Waals surface area contributed by atoms with Crippen molar-refractivity contribution >= 4 is 11.6 Å². The van der Waals surface area contributed by atoms with Crippen molar-refractivity contribution in [2.75, 3.05) is 0 Å². The summed E-state index contributed by atoms with van der Waals surface area (Å²) in [6, 6.07) is 13.1. The minimum absolute atomic E-state index is 0.170. The second kappa shape index (κ2) is 6.32. The molecule has 1 amide bonds. The van der Waals surface area contributed by atoms with Gasteiger partial charge in [0.1, 0.15) is 22.9 Å². The number of nitrogens with zero attached hydrogens (tertiary/aromatic N) is 3. The summed E-state index contributed by atoms with van der Waals surface area (Å²) in [6.07, 6.45) is 4.96. The average molecular weight is 335 g/mol. The van der Waals surface area contributed by atoms with Crippen LogP contribution in [0.5, 0.6) is 0 Å². The number of pyridine rings is 1. The lowest BCUT2D eigenvalue weighted by Crippen LogP contribution is -2.30. The summed E-state index contributed by atoms with van der Waals surface area (Å²) in [5.74, 6) is 1.25. The summed E-state index contributed by atoms with van der Waals surface area (Å²) in [4.78, 5) is 19.2. The van der Waals surface area contributed by atoms with E-state index in [4.69, 9.17) is 8.83 Å². The Morgan fingerprint density at radius 1 is 1.04 bits per heavy atom. The van der Waals surface area contributed by atoms with Gasteiger partial charge < -0.3 is 18.1 Å². The monoisotopic (exact) mass is 335 g/mol. The number of amides is 1. The quantitative estimate of drug-likeness (QED) is 0.558. The van der Waals surface area contributed by atoms with E-state index in [1.807, 2.05) is 41.7 Å². The van der Waals surface area contributed by atoms with E-state index in [0.29, 0.717) is 30.3 Å². The molecule has 4 aromatic heterocycles. The molecule has 0 saturated heterocycles. The van der Waals surface area contributed by atoms with Crippen LogP contribution in [0.25, 0.3) is 5.65 Å². The molecule has 4 rings (SSSR count). The van der Waals surface area contributed by atoms with Gasteiger partial charge in [0.2, 0.25) is 0 Å². The Labute approximate surface area is 144 Å². The Bertz CT molecular complexity index is 948. The first-order chi connectivity index (χ1) is 12.2. The predicted octanol–water partition coefficient (Wildman–Crippen LogP) is 3.67. The van der Waals surface area contributed by atoms with Gasteiger partial charge in [0.25, 0.3) is 5.91 Å². The number of rotatable bonds is 5. The first-order valence-electron chi connectivity index (χ1n) is 7.99. The molecule has 0 bridgehead atoms. The molecule has 0 N–H and O–H groups in total. The molecule has 4 heterocycles. The SMILES string of the molecule is Cc1cccc2nc(C(=O)N(Cc3ccco3)Cc3ccco3)cn12. The smallest absolute Gasteiger partial charge is 0.274 e. The van der Waals surface area contributed by atoms with E-state index in [0.717, 1.165) is 11.3 Å². The molecule has 0 unspecified atom stereocenters. The minimum Gasteiger partial charge on any atom is -0.467 e. The van der Waals surface area contributed by atoms with E-state index in [9.17, 15) is 4.79 Å². The third-order valence-electron chi connectivity index (χ3n) is 4.06. The molecule has 4 aromatic rings. The van der Waals surface area contributed by atoms with Crippen LogP contribution in [-0.4, -0.2) is 20.2 Å². The molecular weight excluding hydrogens is 318 g/mol. The van der Waals surface area contributed by atoms with E-state index < -0.39 is 0 Å². The number of furan rings is 2.